The molecular formula is C24H39N4O7P. The lowest BCUT2D eigenvalue weighted by atomic mass is 10.1. The van der Waals surface area contributed by atoms with E-state index in [2.05, 4.69) is 10.4 Å². The predicted molar refractivity (Wildman–Crippen MR) is 138 cm³/mol. The summed E-state index contributed by atoms with van der Waals surface area (Å²) in [6.45, 7) is 7.58. The molecule has 0 aliphatic rings. The molecule has 1 rings (SSSR count). The molecule has 11 nitrogen and oxygen atoms in total. The van der Waals surface area contributed by atoms with Crippen molar-refractivity contribution >= 4 is 26.8 Å². The quantitative estimate of drug-likeness (QED) is 0.121. The smallest absolute Gasteiger partial charge is 0.323 e. The van der Waals surface area contributed by atoms with Gasteiger partial charge in [-0.3, -0.25) is 14.4 Å². The predicted octanol–water partition coefficient (Wildman–Crippen LogP) is 2.21. The summed E-state index contributed by atoms with van der Waals surface area (Å²) in [6.07, 6.45) is 3.09. The van der Waals surface area contributed by atoms with Crippen LogP contribution in [0.1, 0.15) is 39.7 Å². The lowest BCUT2D eigenvalue weighted by molar-refractivity contribution is -0.149. The van der Waals surface area contributed by atoms with Crippen LogP contribution in [0.2, 0.25) is 0 Å². The second kappa shape index (κ2) is 17.0. The summed E-state index contributed by atoms with van der Waals surface area (Å²) in [5.41, 5.74) is 6.61. The van der Waals surface area contributed by atoms with E-state index in [4.69, 9.17) is 24.3 Å². The Bertz CT molecular complexity index is 838. The number of benzene rings is 1. The monoisotopic (exact) mass is 526 g/mol. The van der Waals surface area contributed by atoms with Crippen LogP contribution in [-0.4, -0.2) is 68.2 Å². The first-order valence-electron chi connectivity index (χ1n) is 11.7. The molecule has 0 saturated heterocycles. The van der Waals surface area contributed by atoms with Crippen LogP contribution >= 0.6 is 8.53 Å². The number of carbonyl (C=O) groups is 3. The van der Waals surface area contributed by atoms with Crippen molar-refractivity contribution in [3.8, 4) is 5.75 Å². The zero-order chi connectivity index (χ0) is 27.1. The Kier molecular flexibility index (Phi) is 14.9. The molecular weight excluding hydrogens is 487 g/mol. The Labute approximate surface area is 214 Å². The summed E-state index contributed by atoms with van der Waals surface area (Å²) >= 11 is 0. The zero-order valence-corrected chi connectivity index (χ0v) is 22.7. The molecule has 2 amide bonds. The number of esters is 1. The first-order valence-corrected chi connectivity index (χ1v) is 12.8. The molecule has 0 saturated carbocycles. The SMILES string of the molecule is CNC(=O)/C=C\N(C=O)C(C)CC(COP(N[C@@H](C)C(=O)OC(C)C)Oc1ccc(CN)cc1)OC. The van der Waals surface area contributed by atoms with E-state index in [9.17, 15) is 14.4 Å². The van der Waals surface area contributed by atoms with Gasteiger partial charge >= 0.3 is 14.5 Å². The summed E-state index contributed by atoms with van der Waals surface area (Å²) in [6, 6.07) is 6.29. The molecule has 36 heavy (non-hydrogen) atoms. The molecule has 1 aromatic rings. The van der Waals surface area contributed by atoms with Crippen LogP contribution in [0.3, 0.4) is 0 Å². The summed E-state index contributed by atoms with van der Waals surface area (Å²) in [7, 11) is 1.28. The minimum Gasteiger partial charge on any atom is -0.462 e. The molecule has 202 valence electrons. The molecule has 0 heterocycles. The van der Waals surface area contributed by atoms with Crippen LogP contribution in [0.4, 0.5) is 0 Å². The van der Waals surface area contributed by atoms with Gasteiger partial charge in [-0.1, -0.05) is 12.1 Å². The number of carbonyl (C=O) groups excluding carboxylic acids is 3. The van der Waals surface area contributed by atoms with Gasteiger partial charge in [-0.15, -0.1) is 0 Å². The average molecular weight is 527 g/mol. The molecule has 4 N–H and O–H groups in total. The number of likely N-dealkylation sites (N-methyl/N-ethyl adjacent to an activating group) is 1. The van der Waals surface area contributed by atoms with E-state index in [1.54, 1.807) is 32.9 Å². The van der Waals surface area contributed by atoms with Gasteiger partial charge in [0.1, 0.15) is 11.8 Å². The van der Waals surface area contributed by atoms with Crippen LogP contribution in [0.25, 0.3) is 0 Å². The van der Waals surface area contributed by atoms with Crippen LogP contribution in [0.5, 0.6) is 5.75 Å². The number of hydrogen-bond donors (Lipinski definition) is 3. The molecule has 3 unspecified atom stereocenters. The lowest BCUT2D eigenvalue weighted by Gasteiger charge is -2.27. The topological polar surface area (TPSA) is 141 Å². The molecule has 0 radical (unpaired) electrons. The molecule has 0 aliphatic heterocycles. The van der Waals surface area contributed by atoms with E-state index in [0.717, 1.165) is 5.56 Å². The van der Waals surface area contributed by atoms with Gasteiger partial charge in [0.15, 0.2) is 0 Å². The van der Waals surface area contributed by atoms with Gasteiger partial charge < -0.3 is 34.5 Å². The van der Waals surface area contributed by atoms with Crippen LogP contribution < -0.4 is 20.7 Å². The molecule has 4 atom stereocenters. The first-order chi connectivity index (χ1) is 17.1. The van der Waals surface area contributed by atoms with Crippen molar-refractivity contribution in [1.29, 1.82) is 0 Å². The third-order valence-corrected chi connectivity index (χ3v) is 6.30. The summed E-state index contributed by atoms with van der Waals surface area (Å²) in [5, 5.41) is 5.51. The van der Waals surface area contributed by atoms with Gasteiger partial charge in [-0.05, 0) is 51.8 Å². The zero-order valence-electron chi connectivity index (χ0n) is 21.8. The van der Waals surface area contributed by atoms with Crippen LogP contribution in [0.15, 0.2) is 36.5 Å². The number of methoxy groups -OCH3 is 1. The van der Waals surface area contributed by atoms with Crippen molar-refractivity contribution in [1.82, 2.24) is 15.3 Å². The van der Waals surface area contributed by atoms with E-state index in [0.29, 0.717) is 25.1 Å². The maximum atomic E-state index is 12.3. The molecule has 0 aromatic heterocycles. The summed E-state index contributed by atoms with van der Waals surface area (Å²) in [4.78, 5) is 36.6. The lowest BCUT2D eigenvalue weighted by Crippen LogP contribution is -2.36. The number of nitrogens with zero attached hydrogens (tertiary/aromatic N) is 1. The van der Waals surface area contributed by atoms with E-state index in [1.807, 2.05) is 19.1 Å². The standard InChI is InChI=1S/C24H39N4O7P/c1-17(2)34-24(31)19(4)27-36(35-21-9-7-20(14-25)8-10-21)33-15-22(32-6)13-18(3)28(16-29)12-11-23(30)26-5/h7-12,16-19,22,27H,13-15,25H2,1-6H3,(H,26,30)/b12-11-/t18?,19-,22?,36?/m0/s1. The number of nitrogens with two attached hydrogens (primary N) is 1. The molecule has 0 aliphatic carbocycles. The van der Waals surface area contributed by atoms with Crippen molar-refractivity contribution in [3.63, 3.8) is 0 Å². The van der Waals surface area contributed by atoms with Gasteiger partial charge in [0, 0.05) is 39.0 Å². The summed E-state index contributed by atoms with van der Waals surface area (Å²) in [5.74, 6) is -0.201. The van der Waals surface area contributed by atoms with Crippen molar-refractivity contribution in [2.75, 3.05) is 20.8 Å². The molecule has 0 spiro atoms. The normalized spacial score (nSPS) is 14.7. The van der Waals surface area contributed by atoms with Crippen molar-refractivity contribution in [2.24, 2.45) is 5.73 Å². The van der Waals surface area contributed by atoms with Gasteiger partial charge in [0.25, 0.3) is 0 Å². The van der Waals surface area contributed by atoms with Gasteiger partial charge in [-0.2, -0.15) is 0 Å². The maximum Gasteiger partial charge on any atom is 0.323 e. The number of nitrogens with one attached hydrogen (secondary N) is 2. The number of amides is 2. The first kappa shape index (κ1) is 31.5. The van der Waals surface area contributed by atoms with E-state index < -0.39 is 26.6 Å². The fraction of sp³-hybridized carbons (Fsp3) is 0.542. The van der Waals surface area contributed by atoms with Crippen LogP contribution in [0, 0.1) is 0 Å². The van der Waals surface area contributed by atoms with E-state index >= 15 is 0 Å². The van der Waals surface area contributed by atoms with E-state index in [-0.39, 0.29) is 24.7 Å². The highest BCUT2D eigenvalue weighted by Gasteiger charge is 2.25. The Morgan fingerprint density at radius 2 is 1.83 bits per heavy atom. The van der Waals surface area contributed by atoms with Crippen molar-refractivity contribution in [3.05, 3.63) is 42.1 Å². The second-order valence-corrected chi connectivity index (χ2v) is 9.47. The summed E-state index contributed by atoms with van der Waals surface area (Å²) < 4.78 is 22.8. The highest BCUT2D eigenvalue weighted by atomic mass is 31.2. The Balaban J connectivity index is 2.87. The Morgan fingerprint density at radius 1 is 1.17 bits per heavy atom. The highest BCUT2D eigenvalue weighted by Crippen LogP contribution is 2.37. The van der Waals surface area contributed by atoms with Gasteiger partial charge in [0.05, 0.1) is 18.8 Å². The number of rotatable bonds is 17. The van der Waals surface area contributed by atoms with Crippen molar-refractivity contribution < 1.29 is 32.9 Å². The van der Waals surface area contributed by atoms with Gasteiger partial charge in [0.2, 0.25) is 12.3 Å². The molecule has 12 heteroatoms. The third kappa shape index (κ3) is 11.9. The fourth-order valence-electron chi connectivity index (χ4n) is 2.83. The highest BCUT2D eigenvalue weighted by molar-refractivity contribution is 7.45. The fourth-order valence-corrected chi connectivity index (χ4v) is 4.04. The molecule has 0 bridgehead atoms. The molecule has 0 fully saturated rings. The minimum atomic E-state index is -1.76. The minimum absolute atomic E-state index is 0.123. The Morgan fingerprint density at radius 3 is 2.36 bits per heavy atom. The average Bonchev–Trinajstić information content (AvgIpc) is 2.86. The van der Waals surface area contributed by atoms with Crippen molar-refractivity contribution in [2.45, 2.75) is 65.0 Å². The maximum absolute atomic E-state index is 12.3. The number of ether oxygens (including phenoxy) is 2. The van der Waals surface area contributed by atoms with Crippen LogP contribution in [-0.2, 0) is 34.9 Å². The molecule has 1 aromatic carbocycles. The largest absolute Gasteiger partial charge is 0.462 e. The Hall–Kier alpha value is -2.56. The number of hydrogen-bond acceptors (Lipinski definition) is 9. The third-order valence-electron chi connectivity index (χ3n) is 4.94. The van der Waals surface area contributed by atoms with E-state index in [1.165, 1.54) is 31.3 Å². The second-order valence-electron chi connectivity index (χ2n) is 8.25. The van der Waals surface area contributed by atoms with Gasteiger partial charge in [-0.25, -0.2) is 5.09 Å².